The van der Waals surface area contributed by atoms with E-state index < -0.39 is 0 Å². The summed E-state index contributed by atoms with van der Waals surface area (Å²) in [7, 11) is 1.90. The number of allylic oxidation sites excluding steroid dienone is 1. The standard InChI is InChI=1S/C21H22N6O.C3H6/c1-27-14-18(11-26-27)17-8-20-21(25-10-17)28-19(13-24-20)12-23-7-6-15-2-4-16(9-22)5-3-15;1-3-2/h2-5,8,10-11,14,19,23-24H,6-7,12-13H2,1H3;3H,1H2,2H3. The summed E-state index contributed by atoms with van der Waals surface area (Å²) in [5.74, 6) is 0.637. The van der Waals surface area contributed by atoms with Crippen LogP contribution in [-0.4, -0.2) is 40.5 Å². The molecule has 160 valence electrons. The minimum Gasteiger partial charge on any atom is -0.470 e. The zero-order valence-corrected chi connectivity index (χ0v) is 18.0. The number of nitrogens with one attached hydrogen (secondary N) is 2. The molecule has 0 amide bonds. The second-order valence-corrected chi connectivity index (χ2v) is 7.27. The highest BCUT2D eigenvalue weighted by Gasteiger charge is 2.20. The number of ether oxygens (including phenoxy) is 1. The monoisotopic (exact) mass is 416 g/mol. The van der Waals surface area contributed by atoms with Crippen LogP contribution in [0.25, 0.3) is 11.1 Å². The molecule has 3 heterocycles. The summed E-state index contributed by atoms with van der Waals surface area (Å²) >= 11 is 0. The number of anilines is 1. The molecule has 3 aromatic rings. The summed E-state index contributed by atoms with van der Waals surface area (Å²) < 4.78 is 7.79. The summed E-state index contributed by atoms with van der Waals surface area (Å²) in [6.07, 6.45) is 8.31. The lowest BCUT2D eigenvalue weighted by Gasteiger charge is -2.27. The van der Waals surface area contributed by atoms with Gasteiger partial charge < -0.3 is 15.4 Å². The first-order valence-corrected chi connectivity index (χ1v) is 10.3. The second kappa shape index (κ2) is 11.0. The van der Waals surface area contributed by atoms with Crippen molar-refractivity contribution in [3.05, 3.63) is 72.7 Å². The fourth-order valence-electron chi connectivity index (χ4n) is 3.18. The Kier molecular flexibility index (Phi) is 7.79. The Labute approximate surface area is 183 Å². The second-order valence-electron chi connectivity index (χ2n) is 7.27. The molecule has 2 aromatic heterocycles. The van der Waals surface area contributed by atoms with Crippen molar-refractivity contribution in [3.63, 3.8) is 0 Å². The lowest BCUT2D eigenvalue weighted by molar-refractivity contribution is 0.194. The van der Waals surface area contributed by atoms with Gasteiger partial charge in [0.15, 0.2) is 0 Å². The number of nitrogens with zero attached hydrogens (tertiary/aromatic N) is 4. The zero-order valence-electron chi connectivity index (χ0n) is 18.0. The first-order valence-electron chi connectivity index (χ1n) is 10.3. The van der Waals surface area contributed by atoms with E-state index >= 15 is 0 Å². The van der Waals surface area contributed by atoms with Crippen molar-refractivity contribution in [1.82, 2.24) is 20.1 Å². The zero-order chi connectivity index (χ0) is 22.1. The number of benzene rings is 1. The number of rotatable bonds is 6. The van der Waals surface area contributed by atoms with Gasteiger partial charge in [-0.2, -0.15) is 10.4 Å². The normalized spacial score (nSPS) is 14.2. The summed E-state index contributed by atoms with van der Waals surface area (Å²) in [6.45, 7) is 7.58. The van der Waals surface area contributed by atoms with Crippen molar-refractivity contribution in [2.45, 2.75) is 19.4 Å². The van der Waals surface area contributed by atoms with Crippen LogP contribution >= 0.6 is 0 Å². The summed E-state index contributed by atoms with van der Waals surface area (Å²) in [6, 6.07) is 11.9. The number of aryl methyl sites for hydroxylation is 1. The quantitative estimate of drug-likeness (QED) is 0.472. The summed E-state index contributed by atoms with van der Waals surface area (Å²) in [4.78, 5) is 4.47. The van der Waals surface area contributed by atoms with E-state index in [1.54, 1.807) is 10.8 Å². The van der Waals surface area contributed by atoms with Crippen molar-refractivity contribution in [3.8, 4) is 23.1 Å². The van der Waals surface area contributed by atoms with Crippen LogP contribution in [0.2, 0.25) is 0 Å². The molecule has 7 heteroatoms. The molecule has 1 atom stereocenters. The Bertz CT molecular complexity index is 1030. The van der Waals surface area contributed by atoms with Crippen LogP contribution in [0, 0.1) is 11.3 Å². The first kappa shape index (κ1) is 22.1. The highest BCUT2D eigenvalue weighted by molar-refractivity contribution is 5.69. The van der Waals surface area contributed by atoms with Gasteiger partial charge in [0.05, 0.1) is 30.1 Å². The third-order valence-electron chi connectivity index (χ3n) is 4.73. The van der Waals surface area contributed by atoms with Crippen molar-refractivity contribution >= 4 is 5.69 Å². The smallest absolute Gasteiger partial charge is 0.237 e. The third-order valence-corrected chi connectivity index (χ3v) is 4.73. The highest BCUT2D eigenvalue weighted by Crippen LogP contribution is 2.30. The van der Waals surface area contributed by atoms with E-state index in [0.717, 1.165) is 42.9 Å². The molecule has 1 unspecified atom stereocenters. The van der Waals surface area contributed by atoms with Gasteiger partial charge in [0.1, 0.15) is 6.10 Å². The molecule has 0 saturated carbocycles. The Hall–Kier alpha value is -3.63. The topological polar surface area (TPSA) is 87.8 Å². The molecule has 0 spiro atoms. The van der Waals surface area contributed by atoms with Gasteiger partial charge in [-0.25, -0.2) is 4.98 Å². The Morgan fingerprint density at radius 3 is 2.77 bits per heavy atom. The van der Waals surface area contributed by atoms with Crippen LogP contribution < -0.4 is 15.4 Å². The SMILES string of the molecule is C=CC.Cn1cc(-c2cnc3c(c2)NCC(CNCCc2ccc(C#N)cc2)O3)cn1. The van der Waals surface area contributed by atoms with Gasteiger partial charge in [-0.3, -0.25) is 4.68 Å². The number of fused-ring (bicyclic) bond motifs is 1. The van der Waals surface area contributed by atoms with Crippen LogP contribution in [-0.2, 0) is 13.5 Å². The van der Waals surface area contributed by atoms with E-state index in [1.165, 1.54) is 5.56 Å². The van der Waals surface area contributed by atoms with Gasteiger partial charge >= 0.3 is 0 Å². The largest absolute Gasteiger partial charge is 0.470 e. The Balaban J connectivity index is 0.000000858. The molecule has 1 aliphatic rings. The fourth-order valence-corrected chi connectivity index (χ4v) is 3.18. The third kappa shape index (κ3) is 6.17. The predicted octanol–water partition coefficient (Wildman–Crippen LogP) is 3.55. The maximum atomic E-state index is 8.84. The molecule has 0 saturated heterocycles. The molecule has 0 fully saturated rings. The average molecular weight is 417 g/mol. The average Bonchev–Trinajstić information content (AvgIpc) is 3.23. The molecule has 4 rings (SSSR count). The van der Waals surface area contributed by atoms with Crippen LogP contribution in [0.4, 0.5) is 5.69 Å². The maximum absolute atomic E-state index is 8.84. The van der Waals surface area contributed by atoms with E-state index in [9.17, 15) is 0 Å². The minimum absolute atomic E-state index is 0.0326. The summed E-state index contributed by atoms with van der Waals surface area (Å²) in [5, 5.41) is 19.9. The molecular weight excluding hydrogens is 388 g/mol. The lowest BCUT2D eigenvalue weighted by atomic mass is 10.1. The predicted molar refractivity (Wildman–Crippen MR) is 123 cm³/mol. The number of hydrogen-bond donors (Lipinski definition) is 2. The van der Waals surface area contributed by atoms with Gasteiger partial charge in [0.2, 0.25) is 5.88 Å². The van der Waals surface area contributed by atoms with E-state index in [1.807, 2.05) is 62.9 Å². The van der Waals surface area contributed by atoms with Crippen molar-refractivity contribution in [2.24, 2.45) is 7.05 Å². The molecular formula is C24H28N6O. The minimum atomic E-state index is 0.0326. The van der Waals surface area contributed by atoms with Gasteiger partial charge in [-0.1, -0.05) is 18.2 Å². The summed E-state index contributed by atoms with van der Waals surface area (Å²) in [5.41, 5.74) is 4.86. The van der Waals surface area contributed by atoms with E-state index in [4.69, 9.17) is 10.00 Å². The van der Waals surface area contributed by atoms with Gasteiger partial charge in [-0.05, 0) is 43.7 Å². The van der Waals surface area contributed by atoms with Crippen LogP contribution in [0.1, 0.15) is 18.1 Å². The number of hydrogen-bond acceptors (Lipinski definition) is 6. The van der Waals surface area contributed by atoms with Crippen LogP contribution in [0.3, 0.4) is 0 Å². The lowest BCUT2D eigenvalue weighted by Crippen LogP contribution is -2.40. The molecule has 31 heavy (non-hydrogen) atoms. The Morgan fingerprint density at radius 2 is 2.10 bits per heavy atom. The van der Waals surface area contributed by atoms with Gasteiger partial charge in [-0.15, -0.1) is 6.58 Å². The molecule has 2 N–H and O–H groups in total. The molecule has 7 nitrogen and oxygen atoms in total. The van der Waals surface area contributed by atoms with Crippen molar-refractivity contribution in [2.75, 3.05) is 25.0 Å². The van der Waals surface area contributed by atoms with Crippen molar-refractivity contribution in [1.29, 1.82) is 5.26 Å². The molecule has 0 radical (unpaired) electrons. The van der Waals surface area contributed by atoms with Crippen LogP contribution in [0.15, 0.2) is 61.6 Å². The van der Waals surface area contributed by atoms with E-state index in [0.29, 0.717) is 11.4 Å². The number of nitriles is 1. The Morgan fingerprint density at radius 1 is 1.32 bits per heavy atom. The first-order chi connectivity index (χ1) is 15.1. The molecule has 0 bridgehead atoms. The molecule has 1 aliphatic heterocycles. The van der Waals surface area contributed by atoms with Gasteiger partial charge in [0.25, 0.3) is 0 Å². The highest BCUT2D eigenvalue weighted by atomic mass is 16.5. The van der Waals surface area contributed by atoms with Crippen molar-refractivity contribution < 1.29 is 4.74 Å². The molecule has 1 aromatic carbocycles. The number of pyridine rings is 1. The fraction of sp³-hybridized carbons (Fsp3) is 0.292. The van der Waals surface area contributed by atoms with Crippen LogP contribution in [0.5, 0.6) is 5.88 Å². The van der Waals surface area contributed by atoms with E-state index in [2.05, 4.69) is 33.4 Å². The van der Waals surface area contributed by atoms with E-state index in [-0.39, 0.29) is 6.10 Å². The van der Waals surface area contributed by atoms with Gasteiger partial charge in [0, 0.05) is 37.1 Å². The maximum Gasteiger partial charge on any atom is 0.237 e. The number of aromatic nitrogens is 3. The molecule has 0 aliphatic carbocycles.